The summed E-state index contributed by atoms with van der Waals surface area (Å²) >= 11 is 1.78. The molecule has 2 unspecified atom stereocenters. The molecular weight excluding hydrogens is 418 g/mol. The van der Waals surface area contributed by atoms with Gasteiger partial charge in [0.1, 0.15) is 6.04 Å². The van der Waals surface area contributed by atoms with Gasteiger partial charge in [0.25, 0.3) is 0 Å². The molecule has 1 amide bonds. The molecule has 2 aliphatic rings. The van der Waals surface area contributed by atoms with Gasteiger partial charge in [-0.25, -0.2) is 8.42 Å². The highest BCUT2D eigenvalue weighted by Crippen LogP contribution is 2.26. The van der Waals surface area contributed by atoms with Gasteiger partial charge in [-0.05, 0) is 61.7 Å². The van der Waals surface area contributed by atoms with Crippen LogP contribution in [0.3, 0.4) is 0 Å². The Morgan fingerprint density at radius 2 is 1.87 bits per heavy atom. The maximum Gasteiger partial charge on any atom is 0.243 e. The zero-order chi connectivity index (χ0) is 21.0. The summed E-state index contributed by atoms with van der Waals surface area (Å²) in [6, 6.07) is 12.0. The molecule has 162 valence electrons. The standard InChI is InChI=1S/C22H29N3O3S2/c26-22(21-11-5-13-25(21)30(27,28)20-9-2-1-3-10-20)23-15-18-7-4-12-24(16-18)17-19-8-6-14-29-19/h1-3,6,8-10,14,18,21H,4-5,7,11-13,15-17H2,(H,23,26). The molecule has 2 aliphatic heterocycles. The molecule has 0 aliphatic carbocycles. The summed E-state index contributed by atoms with van der Waals surface area (Å²) in [7, 11) is -3.65. The fourth-order valence-electron chi connectivity index (χ4n) is 4.46. The van der Waals surface area contributed by atoms with E-state index in [2.05, 4.69) is 27.7 Å². The first-order valence-corrected chi connectivity index (χ1v) is 13.0. The number of carbonyl (C=O) groups is 1. The summed E-state index contributed by atoms with van der Waals surface area (Å²) in [5.41, 5.74) is 0. The maximum absolute atomic E-state index is 13.0. The molecule has 0 saturated carbocycles. The van der Waals surface area contributed by atoms with Crippen molar-refractivity contribution in [2.75, 3.05) is 26.2 Å². The van der Waals surface area contributed by atoms with Crippen LogP contribution in [0.2, 0.25) is 0 Å². The monoisotopic (exact) mass is 447 g/mol. The van der Waals surface area contributed by atoms with E-state index >= 15 is 0 Å². The van der Waals surface area contributed by atoms with Crippen molar-refractivity contribution in [2.45, 2.75) is 43.2 Å². The van der Waals surface area contributed by atoms with Crippen LogP contribution >= 0.6 is 11.3 Å². The van der Waals surface area contributed by atoms with Crippen LogP contribution in [0.15, 0.2) is 52.7 Å². The van der Waals surface area contributed by atoms with Gasteiger partial charge in [-0.3, -0.25) is 9.69 Å². The lowest BCUT2D eigenvalue weighted by atomic mass is 9.97. The fraction of sp³-hybridized carbons (Fsp3) is 0.500. The minimum absolute atomic E-state index is 0.164. The van der Waals surface area contributed by atoms with Crippen LogP contribution in [0.4, 0.5) is 0 Å². The molecule has 2 saturated heterocycles. The van der Waals surface area contributed by atoms with Gasteiger partial charge in [-0.2, -0.15) is 4.31 Å². The van der Waals surface area contributed by atoms with E-state index in [1.807, 2.05) is 0 Å². The van der Waals surface area contributed by atoms with Crippen molar-refractivity contribution in [3.63, 3.8) is 0 Å². The molecule has 3 heterocycles. The lowest BCUT2D eigenvalue weighted by Crippen LogP contribution is -2.48. The van der Waals surface area contributed by atoms with Gasteiger partial charge in [-0.1, -0.05) is 24.3 Å². The van der Waals surface area contributed by atoms with Crippen molar-refractivity contribution in [2.24, 2.45) is 5.92 Å². The number of piperidine rings is 1. The molecule has 0 bridgehead atoms. The Labute approximate surface area is 182 Å². The predicted octanol–water partition coefficient (Wildman–Crippen LogP) is 2.93. The summed E-state index contributed by atoms with van der Waals surface area (Å²) < 4.78 is 27.4. The minimum atomic E-state index is -3.65. The van der Waals surface area contributed by atoms with Gasteiger partial charge in [0.2, 0.25) is 15.9 Å². The van der Waals surface area contributed by atoms with Crippen LogP contribution in [0.1, 0.15) is 30.6 Å². The third kappa shape index (κ3) is 4.94. The highest BCUT2D eigenvalue weighted by Gasteiger charge is 2.39. The van der Waals surface area contributed by atoms with Gasteiger partial charge < -0.3 is 5.32 Å². The zero-order valence-corrected chi connectivity index (χ0v) is 18.7. The first kappa shape index (κ1) is 21.5. The normalized spacial score (nSPS) is 23.5. The van der Waals surface area contributed by atoms with Crippen molar-refractivity contribution in [1.29, 1.82) is 0 Å². The Morgan fingerprint density at radius 3 is 2.63 bits per heavy atom. The smallest absolute Gasteiger partial charge is 0.243 e. The first-order chi connectivity index (χ1) is 14.5. The molecule has 6 nitrogen and oxygen atoms in total. The zero-order valence-electron chi connectivity index (χ0n) is 17.1. The van der Waals surface area contributed by atoms with Crippen LogP contribution < -0.4 is 5.32 Å². The molecule has 1 aromatic heterocycles. The van der Waals surface area contributed by atoms with Crippen LogP contribution in [-0.4, -0.2) is 55.8 Å². The molecule has 30 heavy (non-hydrogen) atoms. The number of thiophene rings is 1. The second kappa shape index (κ2) is 9.60. The molecule has 4 rings (SSSR count). The molecular formula is C22H29N3O3S2. The number of carbonyl (C=O) groups excluding carboxylic acids is 1. The van der Waals surface area contributed by atoms with E-state index in [0.29, 0.717) is 31.8 Å². The number of rotatable bonds is 7. The molecule has 2 fully saturated rings. The van der Waals surface area contributed by atoms with Crippen molar-refractivity contribution < 1.29 is 13.2 Å². The summed E-state index contributed by atoms with van der Waals surface area (Å²) in [6.07, 6.45) is 3.51. The van der Waals surface area contributed by atoms with Gasteiger partial charge in [-0.15, -0.1) is 11.3 Å². The second-order valence-corrected chi connectivity index (χ2v) is 11.1. The van der Waals surface area contributed by atoms with Gasteiger partial charge in [0.05, 0.1) is 4.90 Å². The van der Waals surface area contributed by atoms with E-state index in [4.69, 9.17) is 0 Å². The molecule has 1 N–H and O–H groups in total. The number of benzene rings is 1. The van der Waals surface area contributed by atoms with Crippen molar-refractivity contribution in [3.05, 3.63) is 52.7 Å². The number of sulfonamides is 1. The summed E-state index contributed by atoms with van der Waals surface area (Å²) in [5, 5.41) is 5.16. The van der Waals surface area contributed by atoms with Crippen LogP contribution in [0.25, 0.3) is 0 Å². The number of nitrogens with zero attached hydrogens (tertiary/aromatic N) is 2. The molecule has 8 heteroatoms. The summed E-state index contributed by atoms with van der Waals surface area (Å²) in [5.74, 6) is 0.241. The fourth-order valence-corrected chi connectivity index (χ4v) is 6.89. The van der Waals surface area contributed by atoms with E-state index in [0.717, 1.165) is 32.5 Å². The average molecular weight is 448 g/mol. The predicted molar refractivity (Wildman–Crippen MR) is 119 cm³/mol. The quantitative estimate of drug-likeness (QED) is 0.709. The van der Waals surface area contributed by atoms with Crippen LogP contribution in [-0.2, 0) is 21.4 Å². The SMILES string of the molecule is O=C(NCC1CCCN(Cc2cccs2)C1)C1CCCN1S(=O)(=O)c1ccccc1. The Bertz CT molecular complexity index is 932. The molecule has 0 spiro atoms. The van der Waals surface area contributed by atoms with Crippen LogP contribution in [0, 0.1) is 5.92 Å². The maximum atomic E-state index is 13.0. The van der Waals surface area contributed by atoms with E-state index in [1.54, 1.807) is 41.7 Å². The number of amides is 1. The Balaban J connectivity index is 1.33. The lowest BCUT2D eigenvalue weighted by Gasteiger charge is -2.33. The Hall–Kier alpha value is -1.74. The topological polar surface area (TPSA) is 69.7 Å². The molecule has 1 aromatic carbocycles. The summed E-state index contributed by atoms with van der Waals surface area (Å²) in [6.45, 7) is 4.03. The third-order valence-electron chi connectivity index (χ3n) is 5.98. The molecule has 0 radical (unpaired) electrons. The minimum Gasteiger partial charge on any atom is -0.354 e. The third-order valence-corrected chi connectivity index (χ3v) is 8.77. The largest absolute Gasteiger partial charge is 0.354 e. The van der Waals surface area contributed by atoms with E-state index in [9.17, 15) is 13.2 Å². The van der Waals surface area contributed by atoms with Crippen molar-refractivity contribution in [1.82, 2.24) is 14.5 Å². The Kier molecular flexibility index (Phi) is 6.87. The second-order valence-electron chi connectivity index (χ2n) is 8.15. The number of hydrogen-bond donors (Lipinski definition) is 1. The molecule has 2 aromatic rings. The number of nitrogens with one attached hydrogen (secondary N) is 1. The van der Waals surface area contributed by atoms with Crippen molar-refractivity contribution >= 4 is 27.3 Å². The first-order valence-electron chi connectivity index (χ1n) is 10.6. The van der Waals surface area contributed by atoms with Crippen LogP contribution in [0.5, 0.6) is 0 Å². The number of hydrogen-bond acceptors (Lipinski definition) is 5. The lowest BCUT2D eigenvalue weighted by molar-refractivity contribution is -0.124. The van der Waals surface area contributed by atoms with Gasteiger partial charge in [0, 0.05) is 31.1 Å². The number of likely N-dealkylation sites (tertiary alicyclic amines) is 1. The highest BCUT2D eigenvalue weighted by molar-refractivity contribution is 7.89. The molecule has 2 atom stereocenters. The van der Waals surface area contributed by atoms with E-state index < -0.39 is 16.1 Å². The van der Waals surface area contributed by atoms with Gasteiger partial charge >= 0.3 is 0 Å². The summed E-state index contributed by atoms with van der Waals surface area (Å²) in [4.78, 5) is 17.0. The highest BCUT2D eigenvalue weighted by atomic mass is 32.2. The Morgan fingerprint density at radius 1 is 1.07 bits per heavy atom. The van der Waals surface area contributed by atoms with E-state index in [1.165, 1.54) is 9.18 Å². The van der Waals surface area contributed by atoms with Crippen molar-refractivity contribution in [3.8, 4) is 0 Å². The van der Waals surface area contributed by atoms with Gasteiger partial charge in [0.15, 0.2) is 0 Å². The average Bonchev–Trinajstić information content (AvgIpc) is 3.45. The van der Waals surface area contributed by atoms with E-state index in [-0.39, 0.29) is 10.8 Å².